The van der Waals surface area contributed by atoms with Crippen molar-refractivity contribution in [2.24, 2.45) is 5.92 Å². The van der Waals surface area contributed by atoms with Crippen LogP contribution in [0.25, 0.3) is 17.0 Å². The summed E-state index contributed by atoms with van der Waals surface area (Å²) >= 11 is 0. The quantitative estimate of drug-likeness (QED) is 0.528. The Morgan fingerprint density at radius 2 is 2.03 bits per heavy atom. The van der Waals surface area contributed by atoms with Gasteiger partial charge in [-0.05, 0) is 30.5 Å². The zero-order chi connectivity index (χ0) is 21.5. The van der Waals surface area contributed by atoms with Crippen molar-refractivity contribution in [1.82, 2.24) is 25.1 Å². The monoisotopic (exact) mass is 423 g/mol. The van der Waals surface area contributed by atoms with Crippen LogP contribution in [0.1, 0.15) is 44.9 Å². The predicted octanol–water partition coefficient (Wildman–Crippen LogP) is 3.66. The Morgan fingerprint density at radius 3 is 2.87 bits per heavy atom. The standard InChI is InChI=1S/C23H29N5O3/c1-30-19-9-5-8-18(16-19)23-26-25-20-11-13-22(27-28(20)23)31-15-14-24-21(29)12-10-17-6-3-2-4-7-17/h5,8-9,11,13,16-17H,2-4,6-7,10,12,14-15H2,1H3,(H,24,29). The Bertz CT molecular complexity index is 1010. The number of benzene rings is 1. The Labute approximate surface area is 182 Å². The maximum atomic E-state index is 12.1. The summed E-state index contributed by atoms with van der Waals surface area (Å²) in [6.45, 7) is 0.804. The fourth-order valence-corrected chi connectivity index (χ4v) is 4.04. The van der Waals surface area contributed by atoms with Crippen LogP contribution < -0.4 is 14.8 Å². The van der Waals surface area contributed by atoms with Gasteiger partial charge >= 0.3 is 0 Å². The van der Waals surface area contributed by atoms with Gasteiger partial charge in [0, 0.05) is 18.1 Å². The summed E-state index contributed by atoms with van der Waals surface area (Å²) < 4.78 is 12.7. The molecule has 0 saturated heterocycles. The molecule has 0 aliphatic heterocycles. The number of carbonyl (C=O) groups excluding carboxylic acids is 1. The van der Waals surface area contributed by atoms with Crippen LogP contribution in [0.4, 0.5) is 0 Å². The molecule has 1 aliphatic carbocycles. The third kappa shape index (κ3) is 5.51. The average molecular weight is 424 g/mol. The molecule has 0 unspecified atom stereocenters. The lowest BCUT2D eigenvalue weighted by molar-refractivity contribution is -0.121. The molecule has 1 aromatic carbocycles. The predicted molar refractivity (Wildman–Crippen MR) is 117 cm³/mol. The van der Waals surface area contributed by atoms with E-state index in [1.54, 1.807) is 17.7 Å². The van der Waals surface area contributed by atoms with Crippen molar-refractivity contribution in [3.05, 3.63) is 36.4 Å². The minimum atomic E-state index is 0.0942. The molecule has 31 heavy (non-hydrogen) atoms. The maximum absolute atomic E-state index is 12.1. The Kier molecular flexibility index (Phi) is 6.96. The first kappa shape index (κ1) is 21.1. The lowest BCUT2D eigenvalue weighted by Crippen LogP contribution is -2.28. The Balaban J connectivity index is 1.29. The molecular formula is C23H29N5O3. The zero-order valence-electron chi connectivity index (χ0n) is 17.9. The molecule has 1 aliphatic rings. The van der Waals surface area contributed by atoms with Crippen LogP contribution in [0.3, 0.4) is 0 Å². The van der Waals surface area contributed by atoms with Crippen molar-refractivity contribution < 1.29 is 14.3 Å². The number of hydrogen-bond donors (Lipinski definition) is 1. The highest BCUT2D eigenvalue weighted by Gasteiger charge is 2.15. The molecule has 0 atom stereocenters. The first-order valence-corrected chi connectivity index (χ1v) is 11.0. The second-order valence-electron chi connectivity index (χ2n) is 7.94. The molecule has 8 heteroatoms. The molecule has 0 radical (unpaired) electrons. The Hall–Kier alpha value is -3.16. The van der Waals surface area contributed by atoms with Crippen LogP contribution in [0.5, 0.6) is 11.6 Å². The molecule has 2 heterocycles. The fraction of sp³-hybridized carbons (Fsp3) is 0.478. The van der Waals surface area contributed by atoms with Gasteiger partial charge in [0.1, 0.15) is 12.4 Å². The van der Waals surface area contributed by atoms with E-state index in [1.165, 1.54) is 32.1 Å². The highest BCUT2D eigenvalue weighted by molar-refractivity contribution is 5.75. The molecule has 0 spiro atoms. The molecule has 1 saturated carbocycles. The van der Waals surface area contributed by atoms with Crippen molar-refractivity contribution in [1.29, 1.82) is 0 Å². The lowest BCUT2D eigenvalue weighted by atomic mass is 9.86. The first-order chi connectivity index (χ1) is 15.2. The number of fused-ring (bicyclic) bond motifs is 1. The summed E-state index contributed by atoms with van der Waals surface area (Å²) in [5, 5.41) is 15.8. The van der Waals surface area contributed by atoms with E-state index >= 15 is 0 Å². The van der Waals surface area contributed by atoms with Crippen molar-refractivity contribution in [3.63, 3.8) is 0 Å². The van der Waals surface area contributed by atoms with E-state index in [9.17, 15) is 4.79 Å². The van der Waals surface area contributed by atoms with Gasteiger partial charge in [-0.25, -0.2) is 0 Å². The van der Waals surface area contributed by atoms with E-state index in [2.05, 4.69) is 20.6 Å². The minimum Gasteiger partial charge on any atom is -0.497 e. The highest BCUT2D eigenvalue weighted by atomic mass is 16.5. The SMILES string of the molecule is COc1cccc(-c2nnc3ccc(OCCNC(=O)CCC4CCCCC4)nn23)c1. The normalized spacial score (nSPS) is 14.5. The maximum Gasteiger partial charge on any atom is 0.231 e. The Morgan fingerprint density at radius 1 is 1.16 bits per heavy atom. The largest absolute Gasteiger partial charge is 0.497 e. The van der Waals surface area contributed by atoms with Crippen LogP contribution in [-0.2, 0) is 4.79 Å². The summed E-state index contributed by atoms with van der Waals surface area (Å²) in [6, 6.07) is 11.1. The highest BCUT2D eigenvalue weighted by Crippen LogP contribution is 2.27. The third-order valence-electron chi connectivity index (χ3n) is 5.74. The zero-order valence-corrected chi connectivity index (χ0v) is 17.9. The summed E-state index contributed by atoms with van der Waals surface area (Å²) in [6.07, 6.45) is 8.09. The van der Waals surface area contributed by atoms with Crippen molar-refractivity contribution in [3.8, 4) is 23.0 Å². The number of carbonyl (C=O) groups is 1. The van der Waals surface area contributed by atoms with Gasteiger partial charge in [-0.15, -0.1) is 15.3 Å². The molecule has 4 rings (SSSR count). The van der Waals surface area contributed by atoms with Gasteiger partial charge in [-0.3, -0.25) is 4.79 Å². The van der Waals surface area contributed by atoms with Crippen LogP contribution in [0.2, 0.25) is 0 Å². The summed E-state index contributed by atoms with van der Waals surface area (Å²) in [5.41, 5.74) is 1.47. The third-order valence-corrected chi connectivity index (χ3v) is 5.74. The summed E-state index contributed by atoms with van der Waals surface area (Å²) in [5.74, 6) is 2.61. The molecule has 0 bridgehead atoms. The topological polar surface area (TPSA) is 90.6 Å². The van der Waals surface area contributed by atoms with Gasteiger partial charge in [0.15, 0.2) is 11.5 Å². The number of hydrogen-bond acceptors (Lipinski definition) is 6. The number of nitrogens with zero attached hydrogens (tertiary/aromatic N) is 4. The molecular weight excluding hydrogens is 394 g/mol. The number of nitrogens with one attached hydrogen (secondary N) is 1. The van der Waals surface area contributed by atoms with E-state index in [0.29, 0.717) is 42.8 Å². The molecule has 2 aromatic heterocycles. The summed E-state index contributed by atoms with van der Waals surface area (Å²) in [4.78, 5) is 12.1. The second kappa shape index (κ2) is 10.2. The molecule has 8 nitrogen and oxygen atoms in total. The van der Waals surface area contributed by atoms with E-state index in [0.717, 1.165) is 17.7 Å². The van der Waals surface area contributed by atoms with Gasteiger partial charge in [0.25, 0.3) is 0 Å². The second-order valence-corrected chi connectivity index (χ2v) is 7.94. The van der Waals surface area contributed by atoms with Gasteiger partial charge in [0.2, 0.25) is 11.8 Å². The molecule has 164 valence electrons. The van der Waals surface area contributed by atoms with Crippen LogP contribution in [0.15, 0.2) is 36.4 Å². The molecule has 1 amide bonds. The summed E-state index contributed by atoms with van der Waals surface area (Å²) in [7, 11) is 1.63. The van der Waals surface area contributed by atoms with Crippen molar-refractivity contribution >= 4 is 11.6 Å². The first-order valence-electron chi connectivity index (χ1n) is 11.0. The minimum absolute atomic E-state index is 0.0942. The molecule has 1 fully saturated rings. The van der Waals surface area contributed by atoms with E-state index < -0.39 is 0 Å². The van der Waals surface area contributed by atoms with E-state index in [1.807, 2.05) is 30.3 Å². The van der Waals surface area contributed by atoms with E-state index in [-0.39, 0.29) is 5.91 Å². The van der Waals surface area contributed by atoms with Crippen LogP contribution in [0, 0.1) is 5.92 Å². The van der Waals surface area contributed by atoms with Crippen molar-refractivity contribution in [2.45, 2.75) is 44.9 Å². The smallest absolute Gasteiger partial charge is 0.231 e. The number of rotatable bonds is 9. The van der Waals surface area contributed by atoms with Gasteiger partial charge in [-0.1, -0.05) is 44.2 Å². The number of methoxy groups -OCH3 is 1. The average Bonchev–Trinajstić information content (AvgIpc) is 3.24. The number of ether oxygens (including phenoxy) is 2. The number of aromatic nitrogens is 4. The van der Waals surface area contributed by atoms with Gasteiger partial charge in [-0.2, -0.15) is 4.52 Å². The van der Waals surface area contributed by atoms with Gasteiger partial charge in [0.05, 0.1) is 13.7 Å². The van der Waals surface area contributed by atoms with Crippen LogP contribution in [-0.4, -0.2) is 46.0 Å². The molecule has 1 N–H and O–H groups in total. The molecule has 3 aromatic rings. The van der Waals surface area contributed by atoms with Crippen molar-refractivity contribution in [2.75, 3.05) is 20.3 Å². The number of amides is 1. The van der Waals surface area contributed by atoms with Gasteiger partial charge < -0.3 is 14.8 Å². The van der Waals surface area contributed by atoms with Crippen LogP contribution >= 0.6 is 0 Å². The van der Waals surface area contributed by atoms with E-state index in [4.69, 9.17) is 9.47 Å². The lowest BCUT2D eigenvalue weighted by Gasteiger charge is -2.20. The fourth-order valence-electron chi connectivity index (χ4n) is 4.04.